The summed E-state index contributed by atoms with van der Waals surface area (Å²) in [6.45, 7) is 17.7. The molecule has 2 atom stereocenters. The van der Waals surface area contributed by atoms with Crippen LogP contribution in [-0.4, -0.2) is 73.2 Å². The van der Waals surface area contributed by atoms with Crippen molar-refractivity contribution in [3.8, 4) is 0 Å². The molecule has 31 heavy (non-hydrogen) atoms. The highest BCUT2D eigenvalue weighted by atomic mass is 32.2. The maximum absolute atomic E-state index is 11.2. The zero-order valence-electron chi connectivity index (χ0n) is 20.6. The van der Waals surface area contributed by atoms with Crippen LogP contribution in [0.25, 0.3) is 0 Å². The lowest BCUT2D eigenvalue weighted by atomic mass is 10.1. The highest BCUT2D eigenvalue weighted by Gasteiger charge is 2.30. The molecule has 0 bridgehead atoms. The molecule has 0 amide bonds. The molecule has 1 unspecified atom stereocenters. The summed E-state index contributed by atoms with van der Waals surface area (Å²) >= 11 is 0. The van der Waals surface area contributed by atoms with Crippen molar-refractivity contribution >= 4 is 10.0 Å². The zero-order valence-corrected chi connectivity index (χ0v) is 21.4. The molecule has 0 saturated carbocycles. The molecule has 178 valence electrons. The fourth-order valence-corrected chi connectivity index (χ4v) is 5.20. The Kier molecular flexibility index (Phi) is 9.11. The van der Waals surface area contributed by atoms with E-state index in [0.717, 1.165) is 13.0 Å². The first-order valence-electron chi connectivity index (χ1n) is 11.5. The van der Waals surface area contributed by atoms with Gasteiger partial charge in [-0.15, -0.1) is 0 Å². The van der Waals surface area contributed by atoms with Crippen molar-refractivity contribution < 1.29 is 8.42 Å². The van der Waals surface area contributed by atoms with Gasteiger partial charge in [0.15, 0.2) is 0 Å². The molecule has 0 radical (unpaired) electrons. The van der Waals surface area contributed by atoms with E-state index in [2.05, 4.69) is 87.4 Å². The van der Waals surface area contributed by atoms with Gasteiger partial charge in [-0.25, -0.2) is 12.7 Å². The first-order chi connectivity index (χ1) is 14.2. The van der Waals surface area contributed by atoms with E-state index in [1.165, 1.54) is 35.6 Å². The quantitative estimate of drug-likeness (QED) is 0.719. The molecule has 3 rings (SSSR count). The maximum atomic E-state index is 11.2. The third-order valence-electron chi connectivity index (χ3n) is 5.42. The topological polar surface area (TPSA) is 64.7 Å². The summed E-state index contributed by atoms with van der Waals surface area (Å²) < 4.78 is 24.0. The first kappa shape index (κ1) is 26.3. The van der Waals surface area contributed by atoms with Crippen LogP contribution in [0.4, 0.5) is 0 Å². The Morgan fingerprint density at radius 2 is 1.39 bits per heavy atom. The number of hydrogen-bond acceptors (Lipinski definition) is 5. The number of nitrogens with zero attached hydrogens (tertiary/aromatic N) is 2. The number of hydrogen-bond donors (Lipinski definition) is 2. The SMILES string of the molecule is CC(C)(C)NC1CCN(Cc2ccccc2)C1.CC(C)(C)N[C@H]1CCN(S(C)(=O)=O)C1. The summed E-state index contributed by atoms with van der Waals surface area (Å²) in [5.41, 5.74) is 1.70. The molecular formula is C24H44N4O2S. The predicted octanol–water partition coefficient (Wildman–Crippen LogP) is 3.06. The van der Waals surface area contributed by atoms with Gasteiger partial charge in [-0.05, 0) is 59.9 Å². The summed E-state index contributed by atoms with van der Waals surface area (Å²) in [5, 5.41) is 7.11. The molecule has 7 heteroatoms. The molecule has 2 aliphatic heterocycles. The second kappa shape index (κ2) is 10.8. The van der Waals surface area contributed by atoms with Gasteiger partial charge >= 0.3 is 0 Å². The van der Waals surface area contributed by atoms with Gasteiger partial charge < -0.3 is 10.6 Å². The van der Waals surface area contributed by atoms with Crippen LogP contribution in [0.5, 0.6) is 0 Å². The van der Waals surface area contributed by atoms with Crippen LogP contribution in [0.1, 0.15) is 59.9 Å². The highest BCUT2D eigenvalue weighted by molar-refractivity contribution is 7.88. The summed E-state index contributed by atoms with van der Waals surface area (Å²) in [5.74, 6) is 0. The number of nitrogens with one attached hydrogen (secondary N) is 2. The summed E-state index contributed by atoms with van der Waals surface area (Å²) in [6.07, 6.45) is 3.45. The van der Waals surface area contributed by atoms with E-state index < -0.39 is 10.0 Å². The van der Waals surface area contributed by atoms with Crippen LogP contribution in [0, 0.1) is 0 Å². The largest absolute Gasteiger partial charge is 0.308 e. The predicted molar refractivity (Wildman–Crippen MR) is 131 cm³/mol. The summed E-state index contributed by atoms with van der Waals surface area (Å²) in [6, 6.07) is 11.7. The summed E-state index contributed by atoms with van der Waals surface area (Å²) in [7, 11) is -3.00. The average molecular weight is 453 g/mol. The van der Waals surface area contributed by atoms with Crippen molar-refractivity contribution in [2.75, 3.05) is 32.4 Å². The van der Waals surface area contributed by atoms with Crippen LogP contribution < -0.4 is 10.6 Å². The van der Waals surface area contributed by atoms with Gasteiger partial charge in [-0.2, -0.15) is 0 Å². The number of benzene rings is 1. The standard InChI is InChI=1S/C15H24N2.C9H20N2O2S/c1-15(2,3)16-14-9-10-17(12-14)11-13-7-5-4-6-8-13;1-9(2,3)10-8-5-6-11(7-8)14(4,12)13/h4-8,14,16H,9-12H2,1-3H3;8,10H,5-7H2,1-4H3/t;8-/m.0/s1. The molecular weight excluding hydrogens is 408 g/mol. The second-order valence-electron chi connectivity index (χ2n) is 11.1. The Morgan fingerprint density at radius 3 is 1.87 bits per heavy atom. The van der Waals surface area contributed by atoms with Crippen LogP contribution in [0.3, 0.4) is 0 Å². The Labute approximate surface area is 190 Å². The zero-order chi connectivity index (χ0) is 23.3. The van der Waals surface area contributed by atoms with Crippen LogP contribution in [0.15, 0.2) is 30.3 Å². The Hall–Kier alpha value is -0.990. The molecule has 0 spiro atoms. The Balaban J connectivity index is 0.000000225. The molecule has 2 N–H and O–H groups in total. The van der Waals surface area contributed by atoms with Gasteiger partial charge in [-0.1, -0.05) is 30.3 Å². The maximum Gasteiger partial charge on any atom is 0.211 e. The third kappa shape index (κ3) is 10.4. The third-order valence-corrected chi connectivity index (χ3v) is 6.69. The lowest BCUT2D eigenvalue weighted by Crippen LogP contribution is -2.45. The molecule has 0 aliphatic carbocycles. The van der Waals surface area contributed by atoms with E-state index in [4.69, 9.17) is 0 Å². The van der Waals surface area contributed by atoms with Crippen LogP contribution >= 0.6 is 0 Å². The molecule has 2 aliphatic rings. The lowest BCUT2D eigenvalue weighted by Gasteiger charge is -2.26. The van der Waals surface area contributed by atoms with Crippen LogP contribution in [-0.2, 0) is 16.6 Å². The van der Waals surface area contributed by atoms with Gasteiger partial charge in [0.1, 0.15) is 0 Å². The molecule has 1 aromatic carbocycles. The molecule has 2 heterocycles. The normalized spacial score (nSPS) is 23.6. The minimum Gasteiger partial charge on any atom is -0.308 e. The fraction of sp³-hybridized carbons (Fsp3) is 0.750. The van der Waals surface area contributed by atoms with E-state index in [-0.39, 0.29) is 11.1 Å². The molecule has 6 nitrogen and oxygen atoms in total. The van der Waals surface area contributed by atoms with E-state index in [1.54, 1.807) is 0 Å². The minimum atomic E-state index is -3.00. The Morgan fingerprint density at radius 1 is 0.871 bits per heavy atom. The fourth-order valence-electron chi connectivity index (χ4n) is 4.31. The monoisotopic (exact) mass is 452 g/mol. The highest BCUT2D eigenvalue weighted by Crippen LogP contribution is 2.16. The van der Waals surface area contributed by atoms with Crippen molar-refractivity contribution in [2.24, 2.45) is 0 Å². The molecule has 2 fully saturated rings. The van der Waals surface area contributed by atoms with Gasteiger partial charge in [0, 0.05) is 55.9 Å². The second-order valence-corrected chi connectivity index (χ2v) is 13.1. The lowest BCUT2D eigenvalue weighted by molar-refractivity contribution is 0.301. The van der Waals surface area contributed by atoms with Crippen molar-refractivity contribution in [1.29, 1.82) is 0 Å². The van der Waals surface area contributed by atoms with Gasteiger partial charge in [-0.3, -0.25) is 4.90 Å². The number of likely N-dealkylation sites (tertiary alicyclic amines) is 1. The Bertz CT molecular complexity index is 769. The smallest absolute Gasteiger partial charge is 0.211 e. The van der Waals surface area contributed by atoms with Gasteiger partial charge in [0.25, 0.3) is 0 Å². The van der Waals surface area contributed by atoms with E-state index in [9.17, 15) is 8.42 Å². The summed E-state index contributed by atoms with van der Waals surface area (Å²) in [4.78, 5) is 2.54. The van der Waals surface area contributed by atoms with Crippen molar-refractivity contribution in [3.05, 3.63) is 35.9 Å². The molecule has 0 aromatic heterocycles. The molecule has 2 saturated heterocycles. The number of sulfonamides is 1. The van der Waals surface area contributed by atoms with E-state index in [0.29, 0.717) is 25.2 Å². The van der Waals surface area contributed by atoms with Gasteiger partial charge in [0.2, 0.25) is 10.0 Å². The van der Waals surface area contributed by atoms with Crippen molar-refractivity contribution in [3.63, 3.8) is 0 Å². The van der Waals surface area contributed by atoms with Crippen LogP contribution in [0.2, 0.25) is 0 Å². The number of rotatable bonds is 5. The first-order valence-corrected chi connectivity index (χ1v) is 13.3. The average Bonchev–Trinajstić information content (AvgIpc) is 3.23. The molecule has 1 aromatic rings. The van der Waals surface area contributed by atoms with Crippen molar-refractivity contribution in [1.82, 2.24) is 19.8 Å². The van der Waals surface area contributed by atoms with Gasteiger partial charge in [0.05, 0.1) is 6.26 Å². The van der Waals surface area contributed by atoms with E-state index in [1.807, 2.05) is 0 Å². The minimum absolute atomic E-state index is 0.0537. The van der Waals surface area contributed by atoms with Crippen molar-refractivity contribution in [2.45, 2.75) is 84.1 Å². The van der Waals surface area contributed by atoms with E-state index >= 15 is 0 Å².